The van der Waals surface area contributed by atoms with E-state index >= 15 is 0 Å². The summed E-state index contributed by atoms with van der Waals surface area (Å²) in [5.74, 6) is 0. The first-order valence-electron chi connectivity index (χ1n) is 6.70. The summed E-state index contributed by atoms with van der Waals surface area (Å²) in [7, 11) is 1.98. The van der Waals surface area contributed by atoms with Crippen molar-refractivity contribution in [3.63, 3.8) is 0 Å². The molecule has 1 saturated heterocycles. The predicted molar refractivity (Wildman–Crippen MR) is 82.1 cm³/mol. The molecule has 0 atom stereocenters. The zero-order chi connectivity index (χ0) is 13.2. The van der Waals surface area contributed by atoms with Crippen LogP contribution in [0.4, 0.5) is 5.69 Å². The fourth-order valence-corrected chi connectivity index (χ4v) is 3.43. The van der Waals surface area contributed by atoms with E-state index in [0.29, 0.717) is 5.41 Å². The van der Waals surface area contributed by atoms with Crippen molar-refractivity contribution < 1.29 is 0 Å². The Kier molecular flexibility index (Phi) is 4.33. The summed E-state index contributed by atoms with van der Waals surface area (Å²) in [5, 5.41) is 3.19. The van der Waals surface area contributed by atoms with Gasteiger partial charge in [-0.15, -0.1) is 0 Å². The maximum atomic E-state index is 3.72. The minimum Gasteiger partial charge on any atom is -0.370 e. The smallest absolute Gasteiger partial charge is 0.0511 e. The van der Waals surface area contributed by atoms with Crippen LogP contribution >= 0.6 is 15.9 Å². The lowest BCUT2D eigenvalue weighted by Gasteiger charge is -2.40. The number of halogens is 1. The highest BCUT2D eigenvalue weighted by atomic mass is 79.9. The molecule has 1 N–H and O–H groups in total. The molecule has 1 heterocycles. The Balaban J connectivity index is 2.18. The molecule has 0 unspecified atom stereocenters. The molecular formula is C15H23BrN2. The van der Waals surface area contributed by atoms with Gasteiger partial charge in [0.1, 0.15) is 0 Å². The summed E-state index contributed by atoms with van der Waals surface area (Å²) in [6.45, 7) is 7.97. The molecule has 0 radical (unpaired) electrons. The number of anilines is 1. The number of piperidine rings is 1. The fraction of sp³-hybridized carbons (Fsp3) is 0.600. The Morgan fingerprint density at radius 3 is 2.78 bits per heavy atom. The van der Waals surface area contributed by atoms with Crippen molar-refractivity contribution in [3.05, 3.63) is 28.2 Å². The van der Waals surface area contributed by atoms with Gasteiger partial charge in [0.15, 0.2) is 0 Å². The van der Waals surface area contributed by atoms with Gasteiger partial charge >= 0.3 is 0 Å². The standard InChI is InChI=1S/C15H23BrN2/c1-15(2)7-4-8-18(11-15)14-6-5-12(10-17-3)9-13(14)16/h5-6,9,17H,4,7-8,10-11H2,1-3H3. The molecule has 1 fully saturated rings. The highest BCUT2D eigenvalue weighted by Crippen LogP contribution is 2.35. The van der Waals surface area contributed by atoms with Crippen molar-refractivity contribution >= 4 is 21.6 Å². The van der Waals surface area contributed by atoms with Crippen LogP contribution in [0.5, 0.6) is 0 Å². The molecule has 0 aromatic heterocycles. The Morgan fingerprint density at radius 1 is 1.39 bits per heavy atom. The van der Waals surface area contributed by atoms with E-state index in [1.807, 2.05) is 7.05 Å². The lowest BCUT2D eigenvalue weighted by Crippen LogP contribution is -2.40. The lowest BCUT2D eigenvalue weighted by molar-refractivity contribution is 0.293. The molecule has 1 aliphatic heterocycles. The van der Waals surface area contributed by atoms with E-state index in [2.05, 4.69) is 58.2 Å². The first kappa shape index (κ1) is 13.9. The van der Waals surface area contributed by atoms with Gasteiger partial charge in [-0.25, -0.2) is 0 Å². The fourth-order valence-electron chi connectivity index (χ4n) is 2.75. The van der Waals surface area contributed by atoms with Crippen molar-refractivity contribution in [1.29, 1.82) is 0 Å². The summed E-state index contributed by atoms with van der Waals surface area (Å²) in [5.41, 5.74) is 3.09. The van der Waals surface area contributed by atoms with E-state index in [-0.39, 0.29) is 0 Å². The molecule has 3 heteroatoms. The number of hydrogen-bond acceptors (Lipinski definition) is 2. The van der Waals surface area contributed by atoms with Crippen LogP contribution in [0.1, 0.15) is 32.3 Å². The van der Waals surface area contributed by atoms with Crippen molar-refractivity contribution in [1.82, 2.24) is 5.32 Å². The van der Waals surface area contributed by atoms with Gasteiger partial charge in [-0.1, -0.05) is 19.9 Å². The Labute approximate surface area is 119 Å². The maximum absolute atomic E-state index is 3.72. The summed E-state index contributed by atoms with van der Waals surface area (Å²) < 4.78 is 1.22. The first-order valence-corrected chi connectivity index (χ1v) is 7.49. The minimum absolute atomic E-state index is 0.432. The molecule has 100 valence electrons. The summed E-state index contributed by atoms with van der Waals surface area (Å²) in [4.78, 5) is 2.51. The number of rotatable bonds is 3. The van der Waals surface area contributed by atoms with Gasteiger partial charge in [0.25, 0.3) is 0 Å². The van der Waals surface area contributed by atoms with Crippen LogP contribution in [0.25, 0.3) is 0 Å². The Morgan fingerprint density at radius 2 is 2.17 bits per heavy atom. The third-order valence-electron chi connectivity index (χ3n) is 3.63. The van der Waals surface area contributed by atoms with Gasteiger partial charge in [0.05, 0.1) is 5.69 Å². The van der Waals surface area contributed by atoms with Crippen LogP contribution in [0.3, 0.4) is 0 Å². The van der Waals surface area contributed by atoms with Gasteiger partial charge < -0.3 is 10.2 Å². The molecule has 0 aliphatic carbocycles. The predicted octanol–water partition coefficient (Wildman–Crippen LogP) is 3.79. The van der Waals surface area contributed by atoms with E-state index in [1.165, 1.54) is 35.1 Å². The lowest BCUT2D eigenvalue weighted by atomic mass is 9.84. The van der Waals surface area contributed by atoms with Gasteiger partial charge in [-0.3, -0.25) is 0 Å². The van der Waals surface area contributed by atoms with E-state index in [4.69, 9.17) is 0 Å². The zero-order valence-corrected chi connectivity index (χ0v) is 13.2. The normalized spacial score (nSPS) is 19.0. The topological polar surface area (TPSA) is 15.3 Å². The van der Waals surface area contributed by atoms with Crippen LogP contribution in [0.2, 0.25) is 0 Å². The summed E-state index contributed by atoms with van der Waals surface area (Å²) in [6, 6.07) is 6.70. The summed E-state index contributed by atoms with van der Waals surface area (Å²) in [6.07, 6.45) is 2.62. The zero-order valence-electron chi connectivity index (χ0n) is 11.6. The molecule has 18 heavy (non-hydrogen) atoms. The first-order chi connectivity index (χ1) is 8.52. The SMILES string of the molecule is CNCc1ccc(N2CCCC(C)(C)C2)c(Br)c1. The monoisotopic (exact) mass is 310 g/mol. The van der Waals surface area contributed by atoms with Crippen molar-refractivity contribution in [2.75, 3.05) is 25.0 Å². The number of nitrogens with zero attached hydrogens (tertiary/aromatic N) is 1. The molecule has 1 aromatic carbocycles. The molecule has 0 bridgehead atoms. The van der Waals surface area contributed by atoms with Crippen LogP contribution in [0, 0.1) is 5.41 Å². The Bertz CT molecular complexity index is 415. The molecule has 1 aliphatic rings. The van der Waals surface area contributed by atoms with Crippen molar-refractivity contribution in [2.24, 2.45) is 5.41 Å². The molecule has 2 nitrogen and oxygen atoms in total. The summed E-state index contributed by atoms with van der Waals surface area (Å²) >= 11 is 3.72. The van der Waals surface area contributed by atoms with Gasteiger partial charge in [-0.05, 0) is 58.9 Å². The van der Waals surface area contributed by atoms with Crippen LogP contribution in [0.15, 0.2) is 22.7 Å². The number of nitrogens with one attached hydrogen (secondary N) is 1. The van der Waals surface area contributed by atoms with Crippen LogP contribution in [-0.2, 0) is 6.54 Å². The average Bonchev–Trinajstić information content (AvgIpc) is 2.28. The van der Waals surface area contributed by atoms with E-state index in [1.54, 1.807) is 0 Å². The molecule has 0 saturated carbocycles. The third kappa shape index (κ3) is 3.27. The van der Waals surface area contributed by atoms with Gasteiger partial charge in [0, 0.05) is 24.1 Å². The minimum atomic E-state index is 0.432. The molecule has 2 rings (SSSR count). The van der Waals surface area contributed by atoms with Gasteiger partial charge in [0.2, 0.25) is 0 Å². The third-order valence-corrected chi connectivity index (χ3v) is 4.27. The Hall–Kier alpha value is -0.540. The largest absolute Gasteiger partial charge is 0.370 e. The second-order valence-corrected chi connectivity index (χ2v) is 6.86. The van der Waals surface area contributed by atoms with Crippen LogP contribution in [-0.4, -0.2) is 20.1 Å². The second kappa shape index (κ2) is 5.62. The molecule has 1 aromatic rings. The van der Waals surface area contributed by atoms with E-state index < -0.39 is 0 Å². The number of benzene rings is 1. The van der Waals surface area contributed by atoms with Gasteiger partial charge in [-0.2, -0.15) is 0 Å². The quantitative estimate of drug-likeness (QED) is 0.913. The van der Waals surface area contributed by atoms with Crippen molar-refractivity contribution in [3.8, 4) is 0 Å². The van der Waals surface area contributed by atoms with Crippen LogP contribution < -0.4 is 10.2 Å². The van der Waals surface area contributed by atoms with Crippen molar-refractivity contribution in [2.45, 2.75) is 33.2 Å². The molecular weight excluding hydrogens is 288 g/mol. The molecule has 0 spiro atoms. The highest BCUT2D eigenvalue weighted by molar-refractivity contribution is 9.10. The maximum Gasteiger partial charge on any atom is 0.0511 e. The average molecular weight is 311 g/mol. The van der Waals surface area contributed by atoms with E-state index in [0.717, 1.165) is 13.1 Å². The van der Waals surface area contributed by atoms with E-state index in [9.17, 15) is 0 Å². The molecule has 0 amide bonds. The second-order valence-electron chi connectivity index (χ2n) is 6.01. The number of hydrogen-bond donors (Lipinski definition) is 1. The highest BCUT2D eigenvalue weighted by Gasteiger charge is 2.27.